The van der Waals surface area contributed by atoms with Crippen molar-refractivity contribution in [1.82, 2.24) is 0 Å². The lowest BCUT2D eigenvalue weighted by molar-refractivity contribution is -0.161. The van der Waals surface area contributed by atoms with Crippen LogP contribution >= 0.6 is 7.82 Å². The average Bonchev–Trinajstić information content (AvgIpc) is 3.08. The molecule has 50 heavy (non-hydrogen) atoms. The summed E-state index contributed by atoms with van der Waals surface area (Å²) in [6.45, 7) is 3.68. The van der Waals surface area contributed by atoms with E-state index in [9.17, 15) is 14.2 Å². The van der Waals surface area contributed by atoms with Gasteiger partial charge in [-0.2, -0.15) is 0 Å². The molecule has 0 rings (SSSR count). The second-order valence-electron chi connectivity index (χ2n) is 14.3. The molecule has 0 spiro atoms. The van der Waals surface area contributed by atoms with E-state index in [0.29, 0.717) is 12.8 Å². The molecule has 0 heterocycles. The molecular weight excluding hydrogens is 651 g/mol. The first-order valence-electron chi connectivity index (χ1n) is 21.0. The van der Waals surface area contributed by atoms with Gasteiger partial charge in [-0.15, -0.1) is 0 Å². The van der Waals surface area contributed by atoms with E-state index in [1.165, 1.54) is 135 Å². The predicted octanol–water partition coefficient (Wildman–Crippen LogP) is 12.6. The van der Waals surface area contributed by atoms with E-state index in [1.54, 1.807) is 0 Å². The van der Waals surface area contributed by atoms with Crippen LogP contribution in [0.1, 0.15) is 219 Å². The third kappa shape index (κ3) is 39.6. The first-order valence-corrected chi connectivity index (χ1v) is 22.5. The molecule has 0 aliphatic rings. The van der Waals surface area contributed by atoms with Crippen molar-refractivity contribution < 1.29 is 37.9 Å². The molecule has 0 aromatic rings. The predicted molar refractivity (Wildman–Crippen MR) is 207 cm³/mol. The second kappa shape index (κ2) is 37.5. The number of allylic oxidation sites excluding steroid dienone is 2. The van der Waals surface area contributed by atoms with Gasteiger partial charge < -0.3 is 19.3 Å². The number of esters is 2. The molecule has 0 unspecified atom stereocenters. The van der Waals surface area contributed by atoms with Crippen LogP contribution in [0, 0.1) is 0 Å². The topological polar surface area (TPSA) is 119 Å². The zero-order valence-corrected chi connectivity index (χ0v) is 33.5. The lowest BCUT2D eigenvalue weighted by Crippen LogP contribution is -2.29. The van der Waals surface area contributed by atoms with Gasteiger partial charge in [0.2, 0.25) is 0 Å². The van der Waals surface area contributed by atoms with Gasteiger partial charge in [0.1, 0.15) is 6.61 Å². The summed E-state index contributed by atoms with van der Waals surface area (Å²) >= 11 is 0. The third-order valence-corrected chi connectivity index (χ3v) is 9.77. The van der Waals surface area contributed by atoms with Gasteiger partial charge in [-0.3, -0.25) is 14.1 Å². The third-order valence-electron chi connectivity index (χ3n) is 9.28. The molecule has 8 nitrogen and oxygen atoms in total. The Hall–Kier alpha value is -1.21. The molecular formula is C41H79O8P. The van der Waals surface area contributed by atoms with Crippen molar-refractivity contribution in [2.24, 2.45) is 0 Å². The van der Waals surface area contributed by atoms with Crippen molar-refractivity contribution in [2.75, 3.05) is 13.2 Å². The summed E-state index contributed by atoms with van der Waals surface area (Å²) in [4.78, 5) is 42.8. The summed E-state index contributed by atoms with van der Waals surface area (Å²) in [6.07, 6.45) is 40.8. The largest absolute Gasteiger partial charge is 0.469 e. The maximum atomic E-state index is 12.4. The number of carbonyl (C=O) groups excluding carboxylic acids is 2. The number of hydrogen-bond donors (Lipinski definition) is 2. The van der Waals surface area contributed by atoms with Crippen molar-refractivity contribution in [3.63, 3.8) is 0 Å². The molecule has 0 radical (unpaired) electrons. The smallest absolute Gasteiger partial charge is 0.462 e. The van der Waals surface area contributed by atoms with Crippen LogP contribution in [0.5, 0.6) is 0 Å². The van der Waals surface area contributed by atoms with Gasteiger partial charge in [0.15, 0.2) is 6.10 Å². The summed E-state index contributed by atoms with van der Waals surface area (Å²) in [5.41, 5.74) is 0. The Morgan fingerprint density at radius 3 is 1.24 bits per heavy atom. The number of hydrogen-bond acceptors (Lipinski definition) is 6. The Labute approximate surface area is 307 Å². The van der Waals surface area contributed by atoms with Crippen molar-refractivity contribution >= 4 is 19.8 Å². The first kappa shape index (κ1) is 48.8. The van der Waals surface area contributed by atoms with Crippen LogP contribution in [0.2, 0.25) is 0 Å². The SMILES string of the molecule is CCCCCCCC/C=C/CCCCCC(=O)OC[C@H](COP(=O)(O)O)OC(=O)CCCCCCCCCCCCCCCCCCCCC. The van der Waals surface area contributed by atoms with E-state index in [0.717, 1.165) is 44.9 Å². The van der Waals surface area contributed by atoms with E-state index in [1.807, 2.05) is 0 Å². The number of phosphoric acid groups is 1. The standard InChI is InChI=1S/C41H79O8P/c1-3-5-7-9-11-13-15-17-18-19-20-21-22-24-26-28-30-32-34-36-41(43)49-39(38-48-50(44,45)46)37-47-40(42)35-33-31-29-27-25-23-16-14-12-10-8-6-4-2/h23,25,39H,3-22,24,26-38H2,1-2H3,(H2,44,45,46)/b25-23+/t39-/m1/s1. The molecule has 9 heteroatoms. The quantitative estimate of drug-likeness (QED) is 0.0278. The molecule has 0 bridgehead atoms. The Bertz CT molecular complexity index is 827. The Kier molecular flexibility index (Phi) is 36.6. The maximum absolute atomic E-state index is 12.4. The average molecular weight is 731 g/mol. The molecule has 0 amide bonds. The molecule has 0 saturated heterocycles. The number of rotatable bonds is 39. The van der Waals surface area contributed by atoms with Crippen LogP contribution in [0.15, 0.2) is 12.2 Å². The molecule has 0 aromatic heterocycles. The highest BCUT2D eigenvalue weighted by molar-refractivity contribution is 7.46. The summed E-state index contributed by atoms with van der Waals surface area (Å²) in [5, 5.41) is 0. The Morgan fingerprint density at radius 2 is 0.840 bits per heavy atom. The summed E-state index contributed by atoms with van der Waals surface area (Å²) in [6, 6.07) is 0. The minimum absolute atomic E-state index is 0.215. The van der Waals surface area contributed by atoms with Crippen LogP contribution in [0.4, 0.5) is 0 Å². The highest BCUT2D eigenvalue weighted by Crippen LogP contribution is 2.36. The minimum Gasteiger partial charge on any atom is -0.462 e. The van der Waals surface area contributed by atoms with Gasteiger partial charge in [-0.05, 0) is 38.5 Å². The van der Waals surface area contributed by atoms with Gasteiger partial charge in [-0.25, -0.2) is 4.57 Å². The molecule has 2 N–H and O–H groups in total. The number of carbonyl (C=O) groups is 2. The van der Waals surface area contributed by atoms with Gasteiger partial charge in [-0.1, -0.05) is 180 Å². The maximum Gasteiger partial charge on any atom is 0.469 e. The van der Waals surface area contributed by atoms with Crippen LogP contribution < -0.4 is 0 Å². The fourth-order valence-electron chi connectivity index (χ4n) is 6.13. The van der Waals surface area contributed by atoms with Crippen LogP contribution in [-0.4, -0.2) is 41.0 Å². The molecule has 0 aliphatic heterocycles. The molecule has 0 aromatic carbocycles. The van der Waals surface area contributed by atoms with Crippen molar-refractivity contribution in [2.45, 2.75) is 225 Å². The van der Waals surface area contributed by atoms with Crippen LogP contribution in [0.25, 0.3) is 0 Å². The molecule has 1 atom stereocenters. The van der Waals surface area contributed by atoms with E-state index in [2.05, 4.69) is 30.5 Å². The highest BCUT2D eigenvalue weighted by Gasteiger charge is 2.22. The molecule has 0 fully saturated rings. The zero-order chi connectivity index (χ0) is 36.8. The van der Waals surface area contributed by atoms with Gasteiger partial charge in [0, 0.05) is 12.8 Å². The summed E-state index contributed by atoms with van der Waals surface area (Å²) in [5.74, 6) is -0.892. The number of ether oxygens (including phenoxy) is 2. The van der Waals surface area contributed by atoms with Gasteiger partial charge in [0.25, 0.3) is 0 Å². The molecule has 0 saturated carbocycles. The number of unbranched alkanes of at least 4 members (excludes halogenated alkanes) is 27. The minimum atomic E-state index is -4.75. The van der Waals surface area contributed by atoms with E-state index < -0.39 is 32.5 Å². The van der Waals surface area contributed by atoms with Crippen LogP contribution in [-0.2, 0) is 28.2 Å². The fourth-order valence-corrected chi connectivity index (χ4v) is 6.49. The Morgan fingerprint density at radius 1 is 0.500 bits per heavy atom. The van der Waals surface area contributed by atoms with Gasteiger partial charge in [0.05, 0.1) is 6.61 Å². The monoisotopic (exact) mass is 731 g/mol. The summed E-state index contributed by atoms with van der Waals surface area (Å²) < 4.78 is 26.4. The normalized spacial score (nSPS) is 12.5. The van der Waals surface area contributed by atoms with E-state index >= 15 is 0 Å². The number of phosphoric ester groups is 1. The van der Waals surface area contributed by atoms with Crippen molar-refractivity contribution in [1.29, 1.82) is 0 Å². The van der Waals surface area contributed by atoms with Crippen molar-refractivity contribution in [3.8, 4) is 0 Å². The zero-order valence-electron chi connectivity index (χ0n) is 32.6. The second-order valence-corrected chi connectivity index (χ2v) is 15.6. The molecule has 0 aliphatic carbocycles. The molecule has 296 valence electrons. The summed E-state index contributed by atoms with van der Waals surface area (Å²) in [7, 11) is -4.75. The fraction of sp³-hybridized carbons (Fsp3) is 0.902. The van der Waals surface area contributed by atoms with Crippen molar-refractivity contribution in [3.05, 3.63) is 12.2 Å². The Balaban J connectivity index is 3.87. The first-order chi connectivity index (χ1) is 24.3. The van der Waals surface area contributed by atoms with Gasteiger partial charge >= 0.3 is 19.8 Å². The van der Waals surface area contributed by atoms with E-state index in [4.69, 9.17) is 19.3 Å². The highest BCUT2D eigenvalue weighted by atomic mass is 31.2. The lowest BCUT2D eigenvalue weighted by Gasteiger charge is -2.18. The lowest BCUT2D eigenvalue weighted by atomic mass is 10.0. The van der Waals surface area contributed by atoms with E-state index in [-0.39, 0.29) is 19.4 Å². The van der Waals surface area contributed by atoms with Crippen LogP contribution in [0.3, 0.4) is 0 Å².